The number of aromatic nitrogens is 3. The number of carbonyl (C=O) groups is 2. The summed E-state index contributed by atoms with van der Waals surface area (Å²) in [6.45, 7) is 4.29. The van der Waals surface area contributed by atoms with Crippen LogP contribution in [0.2, 0.25) is 0 Å². The molecule has 0 bridgehead atoms. The zero-order chi connectivity index (χ0) is 20.5. The van der Waals surface area contributed by atoms with Gasteiger partial charge in [0, 0.05) is 30.0 Å². The molecule has 150 valence electrons. The van der Waals surface area contributed by atoms with Crippen molar-refractivity contribution in [2.75, 3.05) is 10.6 Å². The molecule has 29 heavy (non-hydrogen) atoms. The van der Waals surface area contributed by atoms with E-state index < -0.39 is 0 Å². The Kier molecular flexibility index (Phi) is 5.14. The quantitative estimate of drug-likeness (QED) is 0.671. The van der Waals surface area contributed by atoms with Crippen LogP contribution in [0.25, 0.3) is 10.9 Å². The number of nitrogens with one attached hydrogen (secondary N) is 2. The van der Waals surface area contributed by atoms with Crippen LogP contribution in [-0.4, -0.2) is 26.3 Å². The Morgan fingerprint density at radius 2 is 2.07 bits per heavy atom. The van der Waals surface area contributed by atoms with Crippen LogP contribution >= 0.6 is 11.3 Å². The van der Waals surface area contributed by atoms with E-state index in [0.717, 1.165) is 18.7 Å². The van der Waals surface area contributed by atoms with Crippen LogP contribution in [0.1, 0.15) is 31.8 Å². The molecule has 0 saturated heterocycles. The summed E-state index contributed by atoms with van der Waals surface area (Å²) in [7, 11) is 0. The molecule has 1 aliphatic heterocycles. The van der Waals surface area contributed by atoms with Crippen molar-refractivity contribution in [2.45, 2.75) is 39.7 Å². The fourth-order valence-electron chi connectivity index (χ4n) is 3.23. The highest BCUT2D eigenvalue weighted by Crippen LogP contribution is 2.20. The van der Waals surface area contributed by atoms with Gasteiger partial charge in [-0.05, 0) is 24.6 Å². The van der Waals surface area contributed by atoms with Gasteiger partial charge in [0.1, 0.15) is 5.82 Å². The summed E-state index contributed by atoms with van der Waals surface area (Å²) in [6, 6.07) is 5.17. The summed E-state index contributed by atoms with van der Waals surface area (Å²) in [5, 5.41) is 8.26. The summed E-state index contributed by atoms with van der Waals surface area (Å²) in [5.41, 5.74) is 1.70. The number of fused-ring (bicyclic) bond motifs is 2. The number of carbonyl (C=O) groups excluding carboxylic acids is 2. The molecule has 0 spiro atoms. The Balaban J connectivity index is 1.46. The lowest BCUT2D eigenvalue weighted by Crippen LogP contribution is -2.21. The van der Waals surface area contributed by atoms with Crippen molar-refractivity contribution in [3.05, 3.63) is 45.5 Å². The lowest BCUT2D eigenvalue weighted by molar-refractivity contribution is -0.119. The van der Waals surface area contributed by atoms with Gasteiger partial charge in [0.15, 0.2) is 5.13 Å². The fraction of sp³-hybridized carbons (Fsp3) is 0.350. The maximum atomic E-state index is 12.7. The normalized spacial score (nSPS) is 12.9. The van der Waals surface area contributed by atoms with Gasteiger partial charge in [0.25, 0.3) is 5.56 Å². The van der Waals surface area contributed by atoms with Crippen LogP contribution in [0.15, 0.2) is 28.4 Å². The van der Waals surface area contributed by atoms with Crippen LogP contribution in [0.5, 0.6) is 0 Å². The highest BCUT2D eigenvalue weighted by Gasteiger charge is 2.17. The van der Waals surface area contributed by atoms with Crippen LogP contribution in [0, 0.1) is 5.92 Å². The van der Waals surface area contributed by atoms with E-state index in [1.54, 1.807) is 42.0 Å². The van der Waals surface area contributed by atoms with Gasteiger partial charge in [-0.3, -0.25) is 19.0 Å². The first-order chi connectivity index (χ1) is 13.9. The van der Waals surface area contributed by atoms with Crippen LogP contribution < -0.4 is 16.2 Å². The molecule has 3 heterocycles. The van der Waals surface area contributed by atoms with Gasteiger partial charge in [-0.2, -0.15) is 0 Å². The smallest absolute Gasteiger partial charge is 0.261 e. The number of rotatable bonds is 5. The summed E-state index contributed by atoms with van der Waals surface area (Å²) >= 11 is 1.28. The number of nitrogens with zero attached hydrogens (tertiary/aromatic N) is 3. The van der Waals surface area contributed by atoms with Crippen molar-refractivity contribution in [3.63, 3.8) is 0 Å². The SMILES string of the molecule is CC(C)C(=O)Nc1nc(CC(=O)Nc2ccc3nc4n(c(=O)c3c2)CCC4)cs1. The molecule has 2 N–H and O–H groups in total. The molecule has 0 radical (unpaired) electrons. The van der Waals surface area contributed by atoms with E-state index in [9.17, 15) is 14.4 Å². The highest BCUT2D eigenvalue weighted by atomic mass is 32.1. The number of thiazole rings is 1. The first kappa shape index (κ1) is 19.3. The van der Waals surface area contributed by atoms with Crippen LogP contribution in [-0.2, 0) is 29.0 Å². The molecule has 2 amide bonds. The fourth-order valence-corrected chi connectivity index (χ4v) is 3.94. The van der Waals surface area contributed by atoms with Gasteiger partial charge >= 0.3 is 0 Å². The highest BCUT2D eigenvalue weighted by molar-refractivity contribution is 7.13. The summed E-state index contributed by atoms with van der Waals surface area (Å²) in [5.74, 6) is 0.324. The number of anilines is 2. The summed E-state index contributed by atoms with van der Waals surface area (Å²) in [4.78, 5) is 45.6. The molecular weight excluding hydrogens is 390 g/mol. The van der Waals surface area contributed by atoms with Crippen molar-refractivity contribution in [1.29, 1.82) is 0 Å². The minimum absolute atomic E-state index is 0.0661. The van der Waals surface area contributed by atoms with E-state index >= 15 is 0 Å². The molecule has 1 aromatic carbocycles. The minimum atomic E-state index is -0.245. The second kappa shape index (κ2) is 7.75. The average Bonchev–Trinajstić information content (AvgIpc) is 3.31. The number of hydrogen-bond donors (Lipinski definition) is 2. The molecule has 2 aromatic heterocycles. The van der Waals surface area contributed by atoms with Crippen molar-refractivity contribution >= 4 is 44.9 Å². The predicted octanol–water partition coefficient (Wildman–Crippen LogP) is 2.57. The Morgan fingerprint density at radius 3 is 2.86 bits per heavy atom. The Bertz CT molecular complexity index is 1160. The zero-order valence-electron chi connectivity index (χ0n) is 16.2. The first-order valence-electron chi connectivity index (χ1n) is 9.49. The molecule has 3 aromatic rings. The maximum absolute atomic E-state index is 12.7. The van der Waals surface area contributed by atoms with E-state index in [0.29, 0.717) is 34.0 Å². The maximum Gasteiger partial charge on any atom is 0.261 e. The number of amides is 2. The second-order valence-corrected chi connectivity index (χ2v) is 8.19. The van der Waals surface area contributed by atoms with Crippen LogP contribution in [0.4, 0.5) is 10.8 Å². The largest absolute Gasteiger partial charge is 0.326 e. The average molecular weight is 411 g/mol. The molecule has 0 unspecified atom stereocenters. The third kappa shape index (κ3) is 4.04. The molecule has 4 rings (SSSR count). The van der Waals surface area contributed by atoms with Gasteiger partial charge in [0.05, 0.1) is 23.0 Å². The van der Waals surface area contributed by atoms with Gasteiger partial charge in [-0.15, -0.1) is 11.3 Å². The van der Waals surface area contributed by atoms with Crippen molar-refractivity contribution < 1.29 is 9.59 Å². The summed E-state index contributed by atoms with van der Waals surface area (Å²) < 4.78 is 1.70. The Labute approximate surface area is 171 Å². The van der Waals surface area contributed by atoms with Gasteiger partial charge in [-0.25, -0.2) is 9.97 Å². The lowest BCUT2D eigenvalue weighted by atomic mass is 10.2. The third-order valence-corrected chi connectivity index (χ3v) is 5.55. The molecule has 0 fully saturated rings. The third-order valence-electron chi connectivity index (χ3n) is 4.75. The number of hydrogen-bond acceptors (Lipinski definition) is 6. The topological polar surface area (TPSA) is 106 Å². The summed E-state index contributed by atoms with van der Waals surface area (Å²) in [6.07, 6.45) is 1.82. The lowest BCUT2D eigenvalue weighted by Gasteiger charge is -2.08. The van der Waals surface area contributed by atoms with E-state index in [2.05, 4.69) is 20.6 Å². The minimum Gasteiger partial charge on any atom is -0.326 e. The van der Waals surface area contributed by atoms with E-state index in [4.69, 9.17) is 0 Å². The predicted molar refractivity (Wildman–Crippen MR) is 112 cm³/mol. The van der Waals surface area contributed by atoms with Gasteiger partial charge < -0.3 is 10.6 Å². The number of aryl methyl sites for hydroxylation is 1. The monoisotopic (exact) mass is 411 g/mol. The van der Waals surface area contributed by atoms with Crippen molar-refractivity contribution in [1.82, 2.24) is 14.5 Å². The molecular formula is C20H21N5O3S. The van der Waals surface area contributed by atoms with Gasteiger partial charge in [-0.1, -0.05) is 13.8 Å². The standard InChI is InChI=1S/C20H21N5O3S/c1-11(2)18(27)24-20-22-13(10-29-20)9-17(26)21-12-5-6-15-14(8-12)19(28)25-7-3-4-16(25)23-15/h5-6,8,10-11H,3-4,7,9H2,1-2H3,(H,21,26)(H,22,24,27). The molecule has 0 saturated carbocycles. The molecule has 8 nitrogen and oxygen atoms in total. The molecule has 0 aliphatic carbocycles. The van der Waals surface area contributed by atoms with Crippen LogP contribution in [0.3, 0.4) is 0 Å². The molecule has 0 atom stereocenters. The van der Waals surface area contributed by atoms with Crippen molar-refractivity contribution in [2.24, 2.45) is 5.92 Å². The second-order valence-electron chi connectivity index (χ2n) is 7.33. The van der Waals surface area contributed by atoms with E-state index in [1.165, 1.54) is 11.3 Å². The Hall–Kier alpha value is -3.07. The first-order valence-corrected chi connectivity index (χ1v) is 10.4. The van der Waals surface area contributed by atoms with Gasteiger partial charge in [0.2, 0.25) is 11.8 Å². The van der Waals surface area contributed by atoms with E-state index in [1.807, 2.05) is 0 Å². The molecule has 9 heteroatoms. The van der Waals surface area contributed by atoms with Crippen molar-refractivity contribution in [3.8, 4) is 0 Å². The zero-order valence-corrected chi connectivity index (χ0v) is 17.0. The molecule has 1 aliphatic rings. The number of benzene rings is 1. The Morgan fingerprint density at radius 1 is 1.24 bits per heavy atom. The van der Waals surface area contributed by atoms with E-state index in [-0.39, 0.29) is 29.7 Å².